The summed E-state index contributed by atoms with van der Waals surface area (Å²) in [6, 6.07) is 0. The third kappa shape index (κ3) is 1.71. The zero-order chi connectivity index (χ0) is 6.04. The molecule has 0 nitrogen and oxygen atoms in total. The van der Waals surface area contributed by atoms with Gasteiger partial charge in [0.15, 0.2) is 0 Å². The summed E-state index contributed by atoms with van der Waals surface area (Å²) in [5.41, 5.74) is 0. The molecule has 0 aromatic heterocycles. The summed E-state index contributed by atoms with van der Waals surface area (Å²) < 4.78 is 24.4. The van der Waals surface area contributed by atoms with Gasteiger partial charge in [0.05, 0.1) is 0 Å². The maximum absolute atomic E-state index is 12.2. The van der Waals surface area contributed by atoms with Gasteiger partial charge < -0.3 is 0 Å². The first-order valence-electron chi connectivity index (χ1n) is 2.66. The molecule has 0 atom stereocenters. The SMILES string of the molecule is FC1(F)CC[Se]CC1. The van der Waals surface area contributed by atoms with Gasteiger partial charge in [-0.3, -0.25) is 0 Å². The van der Waals surface area contributed by atoms with Crippen molar-refractivity contribution in [1.82, 2.24) is 0 Å². The zero-order valence-corrected chi connectivity index (χ0v) is 6.21. The summed E-state index contributed by atoms with van der Waals surface area (Å²) in [6.45, 7) is 0. The van der Waals surface area contributed by atoms with Crippen LogP contribution >= 0.6 is 0 Å². The maximum atomic E-state index is 12.2. The van der Waals surface area contributed by atoms with E-state index in [9.17, 15) is 8.78 Å². The number of halogens is 2. The van der Waals surface area contributed by atoms with E-state index >= 15 is 0 Å². The standard InChI is InChI=1S/C5H8F2Se/c6-5(7)1-3-8-4-2-5/h1-4H2. The summed E-state index contributed by atoms with van der Waals surface area (Å²) >= 11 is 0.529. The molecular weight excluding hydrogens is 177 g/mol. The molecule has 0 aromatic rings. The predicted octanol–water partition coefficient (Wildman–Crippen LogP) is 1.96. The van der Waals surface area contributed by atoms with Gasteiger partial charge in [0.1, 0.15) is 0 Å². The van der Waals surface area contributed by atoms with E-state index in [1.807, 2.05) is 0 Å². The van der Waals surface area contributed by atoms with Crippen LogP contribution in [0.15, 0.2) is 0 Å². The van der Waals surface area contributed by atoms with Crippen LogP contribution in [0.3, 0.4) is 0 Å². The Morgan fingerprint density at radius 2 is 1.62 bits per heavy atom. The first-order valence-corrected chi connectivity index (χ1v) is 5.09. The van der Waals surface area contributed by atoms with Gasteiger partial charge in [0, 0.05) is 0 Å². The van der Waals surface area contributed by atoms with E-state index in [-0.39, 0.29) is 12.8 Å². The summed E-state index contributed by atoms with van der Waals surface area (Å²) in [5, 5.41) is 1.56. The molecule has 1 fully saturated rings. The van der Waals surface area contributed by atoms with Gasteiger partial charge in [-0.1, -0.05) is 0 Å². The van der Waals surface area contributed by atoms with Crippen LogP contribution in [0.4, 0.5) is 8.78 Å². The third-order valence-corrected chi connectivity index (χ3v) is 3.29. The van der Waals surface area contributed by atoms with E-state index in [1.165, 1.54) is 0 Å². The first-order chi connectivity index (χ1) is 3.71. The molecule has 1 saturated heterocycles. The van der Waals surface area contributed by atoms with Crippen LogP contribution in [0.1, 0.15) is 12.8 Å². The molecule has 8 heavy (non-hydrogen) atoms. The Morgan fingerprint density at radius 3 is 1.88 bits per heavy atom. The first kappa shape index (κ1) is 6.50. The molecule has 0 radical (unpaired) electrons. The van der Waals surface area contributed by atoms with Gasteiger partial charge in [-0.2, -0.15) is 0 Å². The quantitative estimate of drug-likeness (QED) is 0.506. The topological polar surface area (TPSA) is 0 Å². The van der Waals surface area contributed by atoms with Crippen molar-refractivity contribution < 1.29 is 8.78 Å². The normalized spacial score (nSPS) is 27.8. The Labute approximate surface area is 53.8 Å². The van der Waals surface area contributed by atoms with E-state index < -0.39 is 5.92 Å². The van der Waals surface area contributed by atoms with Crippen molar-refractivity contribution in [1.29, 1.82) is 0 Å². The van der Waals surface area contributed by atoms with Crippen molar-refractivity contribution in [2.75, 3.05) is 0 Å². The second-order valence-electron chi connectivity index (χ2n) is 1.97. The molecule has 48 valence electrons. The molecule has 0 aliphatic carbocycles. The predicted molar refractivity (Wildman–Crippen MR) is 29.5 cm³/mol. The summed E-state index contributed by atoms with van der Waals surface area (Å²) in [6.07, 6.45) is 0.292. The summed E-state index contributed by atoms with van der Waals surface area (Å²) in [5.74, 6) is -2.31. The van der Waals surface area contributed by atoms with Crippen molar-refractivity contribution in [2.24, 2.45) is 0 Å². The fourth-order valence-electron chi connectivity index (χ4n) is 0.670. The molecule has 0 spiro atoms. The van der Waals surface area contributed by atoms with Crippen LogP contribution in [0.25, 0.3) is 0 Å². The molecule has 0 bridgehead atoms. The monoisotopic (exact) mass is 186 g/mol. The molecule has 1 aliphatic rings. The van der Waals surface area contributed by atoms with E-state index in [4.69, 9.17) is 0 Å². The van der Waals surface area contributed by atoms with Crippen LogP contribution in [-0.2, 0) is 0 Å². The Hall–Kier alpha value is 0.379. The van der Waals surface area contributed by atoms with Crippen LogP contribution in [0.5, 0.6) is 0 Å². The number of rotatable bonds is 0. The molecule has 1 rings (SSSR count). The number of hydrogen-bond acceptors (Lipinski definition) is 0. The van der Waals surface area contributed by atoms with Crippen molar-refractivity contribution in [3.63, 3.8) is 0 Å². The Balaban J connectivity index is 2.33. The zero-order valence-electron chi connectivity index (χ0n) is 4.49. The van der Waals surface area contributed by atoms with Gasteiger partial charge in [-0.05, 0) is 0 Å². The van der Waals surface area contributed by atoms with Crippen LogP contribution in [-0.4, -0.2) is 20.9 Å². The number of alkyl halides is 2. The number of hydrogen-bond donors (Lipinski definition) is 0. The third-order valence-electron chi connectivity index (χ3n) is 1.22. The van der Waals surface area contributed by atoms with Crippen molar-refractivity contribution >= 4 is 15.0 Å². The van der Waals surface area contributed by atoms with Crippen molar-refractivity contribution in [3.05, 3.63) is 0 Å². The fraction of sp³-hybridized carbons (Fsp3) is 1.00. The summed E-state index contributed by atoms with van der Waals surface area (Å²) in [7, 11) is 0. The Bertz CT molecular complexity index is 74.5. The van der Waals surface area contributed by atoms with Crippen molar-refractivity contribution in [3.8, 4) is 0 Å². The van der Waals surface area contributed by atoms with E-state index in [0.717, 1.165) is 10.6 Å². The van der Waals surface area contributed by atoms with E-state index in [1.54, 1.807) is 0 Å². The second-order valence-corrected chi connectivity index (χ2v) is 4.54. The molecule has 0 saturated carbocycles. The van der Waals surface area contributed by atoms with Crippen molar-refractivity contribution in [2.45, 2.75) is 29.4 Å². The second kappa shape index (κ2) is 2.32. The minimum absolute atomic E-state index is 0.146. The van der Waals surface area contributed by atoms with Crippen LogP contribution in [0.2, 0.25) is 10.6 Å². The average Bonchev–Trinajstić information content (AvgIpc) is 1.65. The molecule has 1 heterocycles. The van der Waals surface area contributed by atoms with Gasteiger partial charge in [0.25, 0.3) is 0 Å². The average molecular weight is 185 g/mol. The van der Waals surface area contributed by atoms with Crippen LogP contribution < -0.4 is 0 Å². The summed E-state index contributed by atoms with van der Waals surface area (Å²) in [4.78, 5) is 0. The minimum atomic E-state index is -2.31. The molecule has 0 unspecified atom stereocenters. The Kier molecular flexibility index (Phi) is 1.88. The fourth-order valence-corrected chi connectivity index (χ4v) is 2.96. The molecule has 3 heteroatoms. The van der Waals surface area contributed by atoms with E-state index in [2.05, 4.69) is 0 Å². The van der Waals surface area contributed by atoms with E-state index in [0.29, 0.717) is 15.0 Å². The molecule has 0 amide bonds. The molecule has 1 aliphatic heterocycles. The molecule has 0 N–H and O–H groups in total. The molecular formula is C5H8F2Se. The van der Waals surface area contributed by atoms with Gasteiger partial charge >= 0.3 is 53.1 Å². The van der Waals surface area contributed by atoms with Gasteiger partial charge in [-0.15, -0.1) is 0 Å². The Morgan fingerprint density at radius 1 is 1.12 bits per heavy atom. The molecule has 0 aromatic carbocycles. The van der Waals surface area contributed by atoms with Gasteiger partial charge in [-0.25, -0.2) is 0 Å². The van der Waals surface area contributed by atoms with Crippen LogP contribution in [0, 0.1) is 0 Å². The van der Waals surface area contributed by atoms with Gasteiger partial charge in [0.2, 0.25) is 0 Å².